The highest BCUT2D eigenvalue weighted by Crippen LogP contribution is 2.20. The van der Waals surface area contributed by atoms with E-state index in [0.717, 1.165) is 28.9 Å². The van der Waals surface area contributed by atoms with Crippen molar-refractivity contribution in [1.82, 2.24) is 10.2 Å². The molecule has 3 nitrogen and oxygen atoms in total. The van der Waals surface area contributed by atoms with Gasteiger partial charge in [0.25, 0.3) is 0 Å². The van der Waals surface area contributed by atoms with Crippen LogP contribution in [-0.2, 0) is 11.3 Å². The summed E-state index contributed by atoms with van der Waals surface area (Å²) in [5.74, 6) is 1.23. The van der Waals surface area contributed by atoms with E-state index >= 15 is 0 Å². The van der Waals surface area contributed by atoms with Gasteiger partial charge in [-0.15, -0.1) is 0 Å². The first-order valence-electron chi connectivity index (χ1n) is 7.78. The van der Waals surface area contributed by atoms with Crippen molar-refractivity contribution in [2.45, 2.75) is 33.2 Å². The third-order valence-corrected chi connectivity index (χ3v) is 5.50. The van der Waals surface area contributed by atoms with Crippen LogP contribution < -0.4 is 5.32 Å². The number of nitrogens with zero attached hydrogens (tertiary/aromatic N) is 1. The largest absolute Gasteiger partial charge is 0.357 e. The van der Waals surface area contributed by atoms with Gasteiger partial charge >= 0.3 is 0 Å². The topological polar surface area (TPSA) is 32.3 Å². The molecule has 1 aromatic rings. The molecule has 0 atom stereocenters. The second kappa shape index (κ2) is 8.53. The second-order valence-electron chi connectivity index (χ2n) is 5.99. The molecule has 1 amide bonds. The standard InChI is InChI=1S/C17H24N2OS2/c1-13-3-5-15(6-4-13)11-18-16(20)12-22-17(21)19-9-7-14(2)8-10-19/h3-6,14H,7-12H2,1-2H3,(H,18,20). The summed E-state index contributed by atoms with van der Waals surface area (Å²) in [5.41, 5.74) is 2.35. The molecule has 0 saturated carbocycles. The van der Waals surface area contributed by atoms with Gasteiger partial charge in [0.2, 0.25) is 5.91 Å². The SMILES string of the molecule is Cc1ccc(CNC(=O)CSC(=S)N2CCC(C)CC2)cc1. The van der Waals surface area contributed by atoms with Crippen LogP contribution >= 0.6 is 24.0 Å². The number of carbonyl (C=O) groups excluding carboxylic acids is 1. The Bertz CT molecular complexity index is 508. The van der Waals surface area contributed by atoms with Crippen LogP contribution in [0.5, 0.6) is 0 Å². The van der Waals surface area contributed by atoms with Gasteiger partial charge < -0.3 is 10.2 Å². The van der Waals surface area contributed by atoms with Gasteiger partial charge in [-0.05, 0) is 31.2 Å². The van der Waals surface area contributed by atoms with E-state index in [1.54, 1.807) is 0 Å². The van der Waals surface area contributed by atoms with Crippen molar-refractivity contribution in [3.63, 3.8) is 0 Å². The molecule has 22 heavy (non-hydrogen) atoms. The average Bonchev–Trinajstić information content (AvgIpc) is 2.52. The van der Waals surface area contributed by atoms with Crippen LogP contribution in [0.25, 0.3) is 0 Å². The number of nitrogens with one attached hydrogen (secondary N) is 1. The molecule has 5 heteroatoms. The Kier molecular flexibility index (Phi) is 6.70. The highest BCUT2D eigenvalue weighted by Gasteiger charge is 2.18. The fourth-order valence-corrected chi connectivity index (χ4v) is 3.45. The number of rotatable bonds is 4. The number of amides is 1. The maximum Gasteiger partial charge on any atom is 0.230 e. The number of hydrogen-bond acceptors (Lipinski definition) is 3. The Morgan fingerprint density at radius 3 is 2.59 bits per heavy atom. The molecular formula is C17H24N2OS2. The van der Waals surface area contributed by atoms with Crippen LogP contribution in [0.15, 0.2) is 24.3 Å². The van der Waals surface area contributed by atoms with Gasteiger partial charge in [0.15, 0.2) is 0 Å². The van der Waals surface area contributed by atoms with Gasteiger partial charge in [-0.2, -0.15) is 0 Å². The molecule has 2 rings (SSSR count). The molecule has 0 spiro atoms. The predicted octanol–water partition coefficient (Wildman–Crippen LogP) is 3.36. The Morgan fingerprint density at radius 1 is 1.32 bits per heavy atom. The van der Waals surface area contributed by atoms with Gasteiger partial charge in [-0.3, -0.25) is 4.79 Å². The fourth-order valence-electron chi connectivity index (χ4n) is 2.37. The molecule has 0 aromatic heterocycles. The molecule has 1 N–H and O–H groups in total. The number of benzene rings is 1. The van der Waals surface area contributed by atoms with Crippen molar-refractivity contribution in [1.29, 1.82) is 0 Å². The zero-order valence-corrected chi connectivity index (χ0v) is 14.9. The first-order valence-corrected chi connectivity index (χ1v) is 9.18. The summed E-state index contributed by atoms with van der Waals surface area (Å²) in [6.45, 7) is 6.97. The van der Waals surface area contributed by atoms with Crippen LogP contribution in [0.1, 0.15) is 30.9 Å². The maximum absolute atomic E-state index is 11.9. The molecule has 1 fully saturated rings. The number of carbonyl (C=O) groups is 1. The van der Waals surface area contributed by atoms with Crippen molar-refractivity contribution in [2.24, 2.45) is 5.92 Å². The minimum Gasteiger partial charge on any atom is -0.357 e. The summed E-state index contributed by atoms with van der Waals surface area (Å²) in [6.07, 6.45) is 2.39. The highest BCUT2D eigenvalue weighted by molar-refractivity contribution is 8.23. The van der Waals surface area contributed by atoms with E-state index in [9.17, 15) is 4.79 Å². The van der Waals surface area contributed by atoms with E-state index in [4.69, 9.17) is 12.2 Å². The van der Waals surface area contributed by atoms with Crippen molar-refractivity contribution in [3.8, 4) is 0 Å². The summed E-state index contributed by atoms with van der Waals surface area (Å²) in [6, 6.07) is 8.20. The summed E-state index contributed by atoms with van der Waals surface area (Å²) in [4.78, 5) is 14.1. The van der Waals surface area contributed by atoms with E-state index in [1.807, 2.05) is 12.1 Å². The van der Waals surface area contributed by atoms with Crippen LogP contribution in [0, 0.1) is 12.8 Å². The minimum atomic E-state index is 0.0401. The molecule has 0 unspecified atom stereocenters. The van der Waals surface area contributed by atoms with Crippen LogP contribution in [0.4, 0.5) is 0 Å². The minimum absolute atomic E-state index is 0.0401. The third kappa shape index (κ3) is 5.61. The molecule has 1 saturated heterocycles. The monoisotopic (exact) mass is 336 g/mol. The molecule has 1 aromatic carbocycles. The van der Waals surface area contributed by atoms with E-state index in [2.05, 4.69) is 36.2 Å². The third-order valence-electron chi connectivity index (χ3n) is 3.98. The van der Waals surface area contributed by atoms with Crippen LogP contribution in [0.3, 0.4) is 0 Å². The quantitative estimate of drug-likeness (QED) is 0.855. The summed E-state index contributed by atoms with van der Waals surface area (Å²) in [7, 11) is 0. The lowest BCUT2D eigenvalue weighted by Gasteiger charge is -2.31. The zero-order chi connectivity index (χ0) is 15.9. The van der Waals surface area contributed by atoms with Crippen molar-refractivity contribution >= 4 is 34.2 Å². The summed E-state index contributed by atoms with van der Waals surface area (Å²) in [5, 5.41) is 2.95. The number of piperidine rings is 1. The van der Waals surface area contributed by atoms with Gasteiger partial charge in [0, 0.05) is 19.6 Å². The van der Waals surface area contributed by atoms with Gasteiger partial charge in [-0.25, -0.2) is 0 Å². The van der Waals surface area contributed by atoms with E-state index in [1.165, 1.54) is 30.2 Å². The normalized spacial score (nSPS) is 15.6. The molecule has 0 bridgehead atoms. The first kappa shape index (κ1) is 17.3. The fraction of sp³-hybridized carbons (Fsp3) is 0.529. The lowest BCUT2D eigenvalue weighted by Crippen LogP contribution is -2.36. The van der Waals surface area contributed by atoms with Crippen LogP contribution in [-0.4, -0.2) is 34.0 Å². The number of likely N-dealkylation sites (tertiary alicyclic amines) is 1. The van der Waals surface area contributed by atoms with Crippen LogP contribution in [0.2, 0.25) is 0 Å². The first-order chi connectivity index (χ1) is 10.5. The molecule has 1 aliphatic heterocycles. The lowest BCUT2D eigenvalue weighted by molar-refractivity contribution is -0.118. The van der Waals surface area contributed by atoms with Gasteiger partial charge in [0.1, 0.15) is 4.32 Å². The van der Waals surface area contributed by atoms with E-state index < -0.39 is 0 Å². The predicted molar refractivity (Wildman–Crippen MR) is 98.1 cm³/mol. The van der Waals surface area contributed by atoms with E-state index in [-0.39, 0.29) is 5.91 Å². The smallest absolute Gasteiger partial charge is 0.230 e. The molecule has 120 valence electrons. The number of aryl methyl sites for hydroxylation is 1. The van der Waals surface area contributed by atoms with Crippen molar-refractivity contribution in [3.05, 3.63) is 35.4 Å². The van der Waals surface area contributed by atoms with Gasteiger partial charge in [0.05, 0.1) is 5.75 Å². The number of thiocarbonyl (C=S) groups is 1. The summed E-state index contributed by atoms with van der Waals surface area (Å²) >= 11 is 6.91. The average molecular weight is 337 g/mol. The lowest BCUT2D eigenvalue weighted by atomic mass is 10.00. The van der Waals surface area contributed by atoms with Crippen molar-refractivity contribution < 1.29 is 4.79 Å². The Balaban J connectivity index is 1.66. The Morgan fingerprint density at radius 2 is 1.95 bits per heavy atom. The van der Waals surface area contributed by atoms with Crippen molar-refractivity contribution in [2.75, 3.05) is 18.8 Å². The molecule has 0 aliphatic carbocycles. The highest BCUT2D eigenvalue weighted by atomic mass is 32.2. The molecule has 0 radical (unpaired) electrons. The Labute approximate surface area is 142 Å². The number of hydrogen-bond donors (Lipinski definition) is 1. The van der Waals surface area contributed by atoms with Gasteiger partial charge in [-0.1, -0.05) is 60.7 Å². The molecular weight excluding hydrogens is 312 g/mol. The zero-order valence-electron chi connectivity index (χ0n) is 13.3. The number of thioether (sulfide) groups is 1. The van der Waals surface area contributed by atoms with E-state index in [0.29, 0.717) is 12.3 Å². The Hall–Kier alpha value is -1.07. The molecule has 1 heterocycles. The maximum atomic E-state index is 11.9. The summed E-state index contributed by atoms with van der Waals surface area (Å²) < 4.78 is 0.859. The molecule has 1 aliphatic rings. The second-order valence-corrected chi connectivity index (χ2v) is 7.60.